The van der Waals surface area contributed by atoms with Gasteiger partial charge in [0.15, 0.2) is 0 Å². The van der Waals surface area contributed by atoms with Gasteiger partial charge in [0.25, 0.3) is 5.56 Å². The summed E-state index contributed by atoms with van der Waals surface area (Å²) < 4.78 is 39.8. The molecule has 2 heterocycles. The van der Waals surface area contributed by atoms with Crippen LogP contribution in [0.2, 0.25) is 0 Å². The number of piperidine rings is 1. The molecule has 22 heavy (non-hydrogen) atoms. The van der Waals surface area contributed by atoms with Crippen LogP contribution >= 0.6 is 0 Å². The molecule has 2 aromatic rings. The fourth-order valence-corrected chi connectivity index (χ4v) is 2.95. The number of hydrogen-bond acceptors (Lipinski definition) is 2. The summed E-state index contributed by atoms with van der Waals surface area (Å²) in [5, 5.41) is 3.94. The van der Waals surface area contributed by atoms with Gasteiger partial charge in [-0.05, 0) is 61.5 Å². The van der Waals surface area contributed by atoms with Crippen LogP contribution in [0.3, 0.4) is 0 Å². The molecule has 1 N–H and O–H groups in total. The summed E-state index contributed by atoms with van der Waals surface area (Å²) in [7, 11) is 0. The highest BCUT2D eigenvalue weighted by molar-refractivity contribution is 5.82. The zero-order valence-corrected chi connectivity index (χ0v) is 12.0. The molecule has 1 aromatic carbocycles. The molecule has 118 valence electrons. The van der Waals surface area contributed by atoms with Gasteiger partial charge in [0.2, 0.25) is 0 Å². The average Bonchev–Trinajstić information content (AvgIpc) is 2.50. The summed E-state index contributed by atoms with van der Waals surface area (Å²) in [4.78, 5) is 12.4. The van der Waals surface area contributed by atoms with Crippen molar-refractivity contribution < 1.29 is 13.2 Å². The summed E-state index contributed by atoms with van der Waals surface area (Å²) in [5.74, 6) is 0.436. The third kappa shape index (κ3) is 3.02. The number of fused-ring (bicyclic) bond motifs is 1. The minimum absolute atomic E-state index is 0.218. The van der Waals surface area contributed by atoms with E-state index in [1.165, 1.54) is 6.07 Å². The SMILES string of the molecule is O=c1c2ccc(C(F)(F)F)cc2ccn1CC1CCNCC1. The molecule has 1 aliphatic heterocycles. The molecule has 0 unspecified atom stereocenters. The fourth-order valence-electron chi connectivity index (χ4n) is 2.95. The van der Waals surface area contributed by atoms with Crippen LogP contribution in [0.1, 0.15) is 18.4 Å². The highest BCUT2D eigenvalue weighted by Gasteiger charge is 2.30. The van der Waals surface area contributed by atoms with Crippen LogP contribution in [-0.4, -0.2) is 17.7 Å². The Morgan fingerprint density at radius 1 is 1.18 bits per heavy atom. The molecular weight excluding hydrogens is 293 g/mol. The Morgan fingerprint density at radius 2 is 1.91 bits per heavy atom. The third-order valence-corrected chi connectivity index (χ3v) is 4.22. The lowest BCUT2D eigenvalue weighted by atomic mass is 9.98. The van der Waals surface area contributed by atoms with E-state index >= 15 is 0 Å². The van der Waals surface area contributed by atoms with Crippen molar-refractivity contribution in [3.63, 3.8) is 0 Å². The van der Waals surface area contributed by atoms with E-state index in [1.807, 2.05) is 0 Å². The minimum atomic E-state index is -4.39. The van der Waals surface area contributed by atoms with Crippen LogP contribution in [0.5, 0.6) is 0 Å². The average molecular weight is 310 g/mol. The van der Waals surface area contributed by atoms with Gasteiger partial charge >= 0.3 is 6.18 Å². The molecule has 0 radical (unpaired) electrons. The number of nitrogens with one attached hydrogen (secondary N) is 1. The van der Waals surface area contributed by atoms with E-state index in [4.69, 9.17) is 0 Å². The van der Waals surface area contributed by atoms with Crippen molar-refractivity contribution in [1.82, 2.24) is 9.88 Å². The molecule has 0 amide bonds. The van der Waals surface area contributed by atoms with Gasteiger partial charge in [-0.2, -0.15) is 13.2 Å². The van der Waals surface area contributed by atoms with Gasteiger partial charge in [-0.1, -0.05) is 0 Å². The molecule has 0 spiro atoms. The second kappa shape index (κ2) is 5.76. The van der Waals surface area contributed by atoms with Gasteiger partial charge in [0.05, 0.1) is 5.56 Å². The maximum atomic E-state index is 12.7. The number of nitrogens with zero attached hydrogens (tertiary/aromatic N) is 1. The first-order valence-electron chi connectivity index (χ1n) is 7.36. The molecule has 0 saturated carbocycles. The first-order valence-corrected chi connectivity index (χ1v) is 7.36. The van der Waals surface area contributed by atoms with Crippen LogP contribution in [-0.2, 0) is 12.7 Å². The maximum Gasteiger partial charge on any atom is 0.416 e. The quantitative estimate of drug-likeness (QED) is 0.925. The number of aromatic nitrogens is 1. The smallest absolute Gasteiger partial charge is 0.317 e. The molecule has 0 atom stereocenters. The molecule has 3 nitrogen and oxygen atoms in total. The summed E-state index contributed by atoms with van der Waals surface area (Å²) in [6.45, 7) is 2.52. The Labute approximate surface area is 125 Å². The van der Waals surface area contributed by atoms with E-state index in [2.05, 4.69) is 5.32 Å². The Morgan fingerprint density at radius 3 is 2.59 bits per heavy atom. The molecule has 0 bridgehead atoms. The lowest BCUT2D eigenvalue weighted by Crippen LogP contribution is -2.32. The van der Waals surface area contributed by atoms with E-state index < -0.39 is 11.7 Å². The Hall–Kier alpha value is -1.82. The molecule has 1 fully saturated rings. The largest absolute Gasteiger partial charge is 0.416 e. The van der Waals surface area contributed by atoms with Gasteiger partial charge in [-0.15, -0.1) is 0 Å². The van der Waals surface area contributed by atoms with Crippen LogP contribution in [0.25, 0.3) is 10.8 Å². The van der Waals surface area contributed by atoms with E-state index in [1.54, 1.807) is 16.8 Å². The Balaban J connectivity index is 1.94. The predicted octanol–water partition coefficient (Wildman–Crippen LogP) is 3.02. The second-order valence-corrected chi connectivity index (χ2v) is 5.77. The number of hydrogen-bond donors (Lipinski definition) is 1. The van der Waals surface area contributed by atoms with Crippen molar-refractivity contribution in [3.8, 4) is 0 Å². The molecule has 1 saturated heterocycles. The Kier molecular flexibility index (Phi) is 3.95. The monoisotopic (exact) mass is 310 g/mol. The van der Waals surface area contributed by atoms with Crippen molar-refractivity contribution in [2.75, 3.05) is 13.1 Å². The van der Waals surface area contributed by atoms with E-state index in [9.17, 15) is 18.0 Å². The summed E-state index contributed by atoms with van der Waals surface area (Å²) in [6, 6.07) is 4.87. The topological polar surface area (TPSA) is 34.0 Å². The van der Waals surface area contributed by atoms with Gasteiger partial charge < -0.3 is 9.88 Å². The number of pyridine rings is 1. The second-order valence-electron chi connectivity index (χ2n) is 5.77. The van der Waals surface area contributed by atoms with Crippen LogP contribution in [0.15, 0.2) is 35.3 Å². The molecule has 0 aliphatic carbocycles. The first-order chi connectivity index (χ1) is 10.4. The van der Waals surface area contributed by atoms with Crippen molar-refractivity contribution in [2.24, 2.45) is 5.92 Å². The fraction of sp³-hybridized carbons (Fsp3) is 0.438. The summed E-state index contributed by atoms with van der Waals surface area (Å²) >= 11 is 0. The Bertz CT molecular complexity index is 730. The normalized spacial score (nSPS) is 17.0. The number of halogens is 3. The van der Waals surface area contributed by atoms with Crippen molar-refractivity contribution >= 4 is 10.8 Å². The van der Waals surface area contributed by atoms with E-state index in [0.717, 1.165) is 38.1 Å². The number of benzene rings is 1. The minimum Gasteiger partial charge on any atom is -0.317 e. The maximum absolute atomic E-state index is 12.7. The molecular formula is C16H17F3N2O. The third-order valence-electron chi connectivity index (χ3n) is 4.22. The molecule has 6 heteroatoms. The lowest BCUT2D eigenvalue weighted by molar-refractivity contribution is -0.137. The van der Waals surface area contributed by atoms with Gasteiger partial charge in [0, 0.05) is 18.1 Å². The predicted molar refractivity (Wildman–Crippen MR) is 78.8 cm³/mol. The molecule has 1 aliphatic rings. The summed E-state index contributed by atoms with van der Waals surface area (Å²) in [5.41, 5.74) is -0.944. The van der Waals surface area contributed by atoms with Crippen LogP contribution < -0.4 is 10.9 Å². The standard InChI is InChI=1S/C16H17F3N2O/c17-16(18,19)13-1-2-14-12(9-13)5-8-21(15(14)22)10-11-3-6-20-7-4-11/h1-2,5,8-9,11,20H,3-4,6-7,10H2. The van der Waals surface area contributed by atoms with Crippen molar-refractivity contribution in [1.29, 1.82) is 0 Å². The van der Waals surface area contributed by atoms with Crippen LogP contribution in [0, 0.1) is 5.92 Å². The van der Waals surface area contributed by atoms with Crippen molar-refractivity contribution in [2.45, 2.75) is 25.6 Å². The number of alkyl halides is 3. The number of rotatable bonds is 2. The zero-order valence-electron chi connectivity index (χ0n) is 12.0. The molecule has 3 rings (SSSR count). The highest BCUT2D eigenvalue weighted by Crippen LogP contribution is 2.30. The van der Waals surface area contributed by atoms with Gasteiger partial charge in [0.1, 0.15) is 0 Å². The van der Waals surface area contributed by atoms with E-state index in [-0.39, 0.29) is 5.56 Å². The zero-order chi connectivity index (χ0) is 15.7. The highest BCUT2D eigenvalue weighted by atomic mass is 19.4. The first kappa shape index (κ1) is 15.1. The summed E-state index contributed by atoms with van der Waals surface area (Å²) in [6.07, 6.45) is -0.764. The molecule has 1 aromatic heterocycles. The van der Waals surface area contributed by atoms with Gasteiger partial charge in [-0.3, -0.25) is 4.79 Å². The van der Waals surface area contributed by atoms with Crippen molar-refractivity contribution in [3.05, 3.63) is 46.4 Å². The lowest BCUT2D eigenvalue weighted by Gasteiger charge is -2.23. The van der Waals surface area contributed by atoms with E-state index in [0.29, 0.717) is 23.2 Å². The van der Waals surface area contributed by atoms with Gasteiger partial charge in [-0.25, -0.2) is 0 Å². The van der Waals surface area contributed by atoms with Crippen LogP contribution in [0.4, 0.5) is 13.2 Å².